The number of para-hydroxylation sites is 1. The highest BCUT2D eigenvalue weighted by Crippen LogP contribution is 2.32. The molecule has 2 aromatic heterocycles. The second-order valence-electron chi connectivity index (χ2n) is 7.83. The highest BCUT2D eigenvalue weighted by atomic mass is 16.5. The molecule has 0 aliphatic carbocycles. The van der Waals surface area contributed by atoms with Crippen LogP contribution < -0.4 is 9.64 Å². The number of fused-ring (bicyclic) bond motifs is 1. The number of rotatable bonds is 5. The van der Waals surface area contributed by atoms with E-state index in [0.29, 0.717) is 6.54 Å². The molecule has 0 unspecified atom stereocenters. The molecule has 0 bridgehead atoms. The summed E-state index contributed by atoms with van der Waals surface area (Å²) in [6.45, 7) is 6.05. The fourth-order valence-corrected chi connectivity index (χ4v) is 4.18. The molecular weight excluding hydrogens is 388 g/mol. The molecule has 0 spiro atoms. The van der Waals surface area contributed by atoms with Crippen LogP contribution in [0.4, 0.5) is 5.82 Å². The zero-order valence-corrected chi connectivity index (χ0v) is 17.9. The highest BCUT2D eigenvalue weighted by Gasteiger charge is 2.17. The number of morpholine rings is 1. The SMILES string of the molecule is COc1ccc(Cn2nc(-c3ccnc(N4CCOCC4)c3)c3cccc(C)c32)cc1. The summed E-state index contributed by atoms with van der Waals surface area (Å²) in [6, 6.07) is 18.8. The Bertz CT molecular complexity index is 1190. The van der Waals surface area contributed by atoms with Crippen molar-refractivity contribution in [1.29, 1.82) is 0 Å². The van der Waals surface area contributed by atoms with Crippen LogP contribution in [0.5, 0.6) is 5.75 Å². The average Bonchev–Trinajstić information content (AvgIpc) is 3.20. The van der Waals surface area contributed by atoms with Gasteiger partial charge in [0.15, 0.2) is 0 Å². The van der Waals surface area contributed by atoms with Gasteiger partial charge in [-0.2, -0.15) is 5.10 Å². The van der Waals surface area contributed by atoms with Crippen molar-refractivity contribution in [3.8, 4) is 17.0 Å². The van der Waals surface area contributed by atoms with Crippen molar-refractivity contribution in [2.75, 3.05) is 38.3 Å². The van der Waals surface area contributed by atoms with Gasteiger partial charge in [-0.25, -0.2) is 4.98 Å². The molecule has 0 N–H and O–H groups in total. The number of methoxy groups -OCH3 is 1. The third-order valence-corrected chi connectivity index (χ3v) is 5.82. The van der Waals surface area contributed by atoms with E-state index in [1.807, 2.05) is 24.4 Å². The van der Waals surface area contributed by atoms with Crippen LogP contribution in [-0.2, 0) is 11.3 Å². The fraction of sp³-hybridized carbons (Fsp3) is 0.280. The van der Waals surface area contributed by atoms with Crippen molar-refractivity contribution in [3.05, 3.63) is 71.9 Å². The van der Waals surface area contributed by atoms with Crippen molar-refractivity contribution >= 4 is 16.7 Å². The van der Waals surface area contributed by atoms with Gasteiger partial charge in [-0.05, 0) is 42.3 Å². The van der Waals surface area contributed by atoms with Crippen molar-refractivity contribution in [2.24, 2.45) is 0 Å². The van der Waals surface area contributed by atoms with Crippen LogP contribution in [0.15, 0.2) is 60.8 Å². The summed E-state index contributed by atoms with van der Waals surface area (Å²) < 4.78 is 12.9. The topological polar surface area (TPSA) is 52.4 Å². The monoisotopic (exact) mass is 414 g/mol. The maximum atomic E-state index is 5.49. The summed E-state index contributed by atoms with van der Waals surface area (Å²) in [4.78, 5) is 6.87. The Morgan fingerprint density at radius 3 is 2.61 bits per heavy atom. The first kappa shape index (κ1) is 19.6. The molecule has 31 heavy (non-hydrogen) atoms. The summed E-state index contributed by atoms with van der Waals surface area (Å²) in [5, 5.41) is 6.22. The Balaban J connectivity index is 1.56. The molecular formula is C25H26N4O2. The molecule has 0 amide bonds. The first-order chi connectivity index (χ1) is 15.2. The van der Waals surface area contributed by atoms with Gasteiger partial charge >= 0.3 is 0 Å². The predicted molar refractivity (Wildman–Crippen MR) is 123 cm³/mol. The molecule has 1 aliphatic rings. The molecule has 4 aromatic rings. The first-order valence-electron chi connectivity index (χ1n) is 10.6. The van der Waals surface area contributed by atoms with Crippen LogP contribution in [-0.4, -0.2) is 48.2 Å². The molecule has 6 heteroatoms. The molecule has 5 rings (SSSR count). The number of aromatic nitrogens is 3. The molecule has 2 aromatic carbocycles. The molecule has 1 fully saturated rings. The second-order valence-corrected chi connectivity index (χ2v) is 7.83. The van der Waals surface area contributed by atoms with Crippen molar-refractivity contribution in [2.45, 2.75) is 13.5 Å². The van der Waals surface area contributed by atoms with Gasteiger partial charge in [0, 0.05) is 30.2 Å². The van der Waals surface area contributed by atoms with E-state index in [1.165, 1.54) is 11.1 Å². The second kappa shape index (κ2) is 8.40. The van der Waals surface area contributed by atoms with Gasteiger partial charge in [-0.15, -0.1) is 0 Å². The highest BCUT2D eigenvalue weighted by molar-refractivity contribution is 5.95. The van der Waals surface area contributed by atoms with E-state index in [1.54, 1.807) is 7.11 Å². The maximum absolute atomic E-state index is 5.49. The zero-order valence-electron chi connectivity index (χ0n) is 17.9. The maximum Gasteiger partial charge on any atom is 0.129 e. The minimum absolute atomic E-state index is 0.701. The van der Waals surface area contributed by atoms with Crippen molar-refractivity contribution < 1.29 is 9.47 Å². The van der Waals surface area contributed by atoms with E-state index < -0.39 is 0 Å². The first-order valence-corrected chi connectivity index (χ1v) is 10.6. The summed E-state index contributed by atoms with van der Waals surface area (Å²) in [5.74, 6) is 1.84. The molecule has 1 saturated heterocycles. The van der Waals surface area contributed by atoms with Crippen LogP contribution in [0.1, 0.15) is 11.1 Å². The molecule has 1 aliphatic heterocycles. The normalized spacial score (nSPS) is 14.2. The number of hydrogen-bond acceptors (Lipinski definition) is 5. The van der Waals surface area contributed by atoms with E-state index in [4.69, 9.17) is 14.6 Å². The Kier molecular flexibility index (Phi) is 5.30. The van der Waals surface area contributed by atoms with Crippen molar-refractivity contribution in [3.63, 3.8) is 0 Å². The lowest BCUT2D eigenvalue weighted by molar-refractivity contribution is 0.122. The summed E-state index contributed by atoms with van der Waals surface area (Å²) in [6.07, 6.45) is 1.88. The van der Waals surface area contributed by atoms with Gasteiger partial charge in [-0.3, -0.25) is 4.68 Å². The Morgan fingerprint density at radius 2 is 1.84 bits per heavy atom. The van der Waals surface area contributed by atoms with Gasteiger partial charge in [0.05, 0.1) is 32.4 Å². The Morgan fingerprint density at radius 1 is 1.03 bits per heavy atom. The van der Waals surface area contributed by atoms with Crippen molar-refractivity contribution in [1.82, 2.24) is 14.8 Å². The van der Waals surface area contributed by atoms with E-state index in [2.05, 4.69) is 57.9 Å². The number of hydrogen-bond donors (Lipinski definition) is 0. The number of ether oxygens (including phenoxy) is 2. The Hall–Kier alpha value is -3.38. The lowest BCUT2D eigenvalue weighted by atomic mass is 10.1. The smallest absolute Gasteiger partial charge is 0.129 e. The van der Waals surface area contributed by atoms with Gasteiger partial charge in [-0.1, -0.05) is 30.3 Å². The Labute approximate surface area is 182 Å². The zero-order chi connectivity index (χ0) is 21.2. The molecule has 6 nitrogen and oxygen atoms in total. The summed E-state index contributed by atoms with van der Waals surface area (Å²) in [7, 11) is 1.69. The van der Waals surface area contributed by atoms with Gasteiger partial charge in [0.1, 0.15) is 17.3 Å². The van der Waals surface area contributed by atoms with E-state index in [0.717, 1.165) is 60.0 Å². The molecule has 0 radical (unpaired) electrons. The minimum atomic E-state index is 0.701. The standard InChI is InChI=1S/C25H26N4O2/c1-18-4-3-5-22-24(20-10-11-26-23(16-20)28-12-14-31-15-13-28)27-29(25(18)22)17-19-6-8-21(30-2)9-7-19/h3-11,16H,12-15,17H2,1-2H3. The average molecular weight is 415 g/mol. The van der Waals surface area contributed by atoms with Crippen LogP contribution in [0.25, 0.3) is 22.2 Å². The molecule has 3 heterocycles. The molecule has 158 valence electrons. The number of nitrogens with zero attached hydrogens (tertiary/aromatic N) is 4. The van der Waals surface area contributed by atoms with E-state index >= 15 is 0 Å². The van der Waals surface area contributed by atoms with Crippen LogP contribution in [0.2, 0.25) is 0 Å². The van der Waals surface area contributed by atoms with Crippen LogP contribution in [0.3, 0.4) is 0 Å². The van der Waals surface area contributed by atoms with Crippen LogP contribution >= 0.6 is 0 Å². The minimum Gasteiger partial charge on any atom is -0.497 e. The largest absolute Gasteiger partial charge is 0.497 e. The van der Waals surface area contributed by atoms with Crippen LogP contribution in [0, 0.1) is 6.92 Å². The van der Waals surface area contributed by atoms with E-state index in [-0.39, 0.29) is 0 Å². The third kappa shape index (κ3) is 3.86. The van der Waals surface area contributed by atoms with E-state index in [9.17, 15) is 0 Å². The quantitative estimate of drug-likeness (QED) is 0.487. The lowest BCUT2D eigenvalue weighted by Crippen LogP contribution is -2.36. The molecule has 0 saturated carbocycles. The van der Waals surface area contributed by atoms with Gasteiger partial charge in [0.25, 0.3) is 0 Å². The fourth-order valence-electron chi connectivity index (χ4n) is 4.18. The summed E-state index contributed by atoms with van der Waals surface area (Å²) in [5.41, 5.74) is 5.64. The number of aryl methyl sites for hydroxylation is 1. The van der Waals surface area contributed by atoms with Gasteiger partial charge < -0.3 is 14.4 Å². The molecule has 0 atom stereocenters. The predicted octanol–water partition coefficient (Wildman–Crippen LogP) is 4.30. The van der Waals surface area contributed by atoms with Gasteiger partial charge in [0.2, 0.25) is 0 Å². The number of pyridine rings is 1. The lowest BCUT2D eigenvalue weighted by Gasteiger charge is -2.27. The third-order valence-electron chi connectivity index (χ3n) is 5.82. The number of benzene rings is 2. The summed E-state index contributed by atoms with van der Waals surface area (Å²) >= 11 is 0. The number of anilines is 1.